The largest absolute Gasteiger partial charge is 0.435 e. The minimum Gasteiger partial charge on any atom is -0.435 e. The van der Waals surface area contributed by atoms with Crippen LogP contribution in [0.1, 0.15) is 35.4 Å². The molecule has 1 aromatic carbocycles. The number of aromatic nitrogens is 2. The lowest BCUT2D eigenvalue weighted by Crippen LogP contribution is -2.08. The Morgan fingerprint density at radius 2 is 2.04 bits per heavy atom. The molecule has 3 aromatic rings. The summed E-state index contributed by atoms with van der Waals surface area (Å²) in [7, 11) is 0. The lowest BCUT2D eigenvalue weighted by Gasteiger charge is -2.17. The number of aliphatic hydroxyl groups is 1. The van der Waals surface area contributed by atoms with Crippen LogP contribution in [0.5, 0.6) is 5.75 Å². The monoisotopic (exact) mass is 394 g/mol. The summed E-state index contributed by atoms with van der Waals surface area (Å²) in [5, 5.41) is 10.4. The van der Waals surface area contributed by atoms with Crippen LogP contribution in [-0.2, 0) is 0 Å². The minimum absolute atomic E-state index is 0.127. The second-order valence-corrected chi connectivity index (χ2v) is 6.59. The van der Waals surface area contributed by atoms with Gasteiger partial charge in [-0.15, -0.1) is 0 Å². The van der Waals surface area contributed by atoms with Crippen molar-refractivity contribution in [2.45, 2.75) is 25.1 Å². The highest BCUT2D eigenvalue weighted by Crippen LogP contribution is 2.46. The highest BCUT2D eigenvalue weighted by molar-refractivity contribution is 9.10. The van der Waals surface area contributed by atoms with Gasteiger partial charge < -0.3 is 14.2 Å². The van der Waals surface area contributed by atoms with E-state index in [1.807, 2.05) is 22.7 Å². The molecule has 2 unspecified atom stereocenters. The number of alkyl halides is 2. The molecule has 0 aliphatic heterocycles. The molecule has 7 heteroatoms. The van der Waals surface area contributed by atoms with Crippen LogP contribution in [0.25, 0.3) is 5.65 Å². The summed E-state index contributed by atoms with van der Waals surface area (Å²) < 4.78 is 32.8. The number of fused-ring (bicyclic) bond motifs is 3. The molecule has 1 N–H and O–H groups in total. The van der Waals surface area contributed by atoms with E-state index >= 15 is 0 Å². The third kappa shape index (κ3) is 2.48. The number of imidazole rings is 1. The fraction of sp³-hybridized carbons (Fsp3) is 0.235. The Morgan fingerprint density at radius 3 is 2.83 bits per heavy atom. The molecule has 4 nitrogen and oxygen atoms in total. The maximum atomic E-state index is 12.7. The molecule has 1 aliphatic carbocycles. The van der Waals surface area contributed by atoms with Crippen LogP contribution in [0.15, 0.2) is 47.1 Å². The second kappa shape index (κ2) is 5.82. The van der Waals surface area contributed by atoms with E-state index in [-0.39, 0.29) is 11.7 Å². The van der Waals surface area contributed by atoms with Crippen LogP contribution in [0.3, 0.4) is 0 Å². The van der Waals surface area contributed by atoms with E-state index in [4.69, 9.17) is 0 Å². The third-order valence-electron chi connectivity index (χ3n) is 4.26. The molecule has 124 valence electrons. The minimum atomic E-state index is -2.90. The Hall–Kier alpha value is -1.99. The van der Waals surface area contributed by atoms with Gasteiger partial charge in [-0.1, -0.05) is 18.2 Å². The van der Waals surface area contributed by atoms with E-state index in [0.717, 1.165) is 10.2 Å². The Labute approximate surface area is 144 Å². The Morgan fingerprint density at radius 1 is 1.25 bits per heavy atom. The zero-order chi connectivity index (χ0) is 16.8. The summed E-state index contributed by atoms with van der Waals surface area (Å²) in [5.41, 5.74) is 2.73. The molecule has 0 spiro atoms. The van der Waals surface area contributed by atoms with Gasteiger partial charge in [0.05, 0.1) is 17.5 Å². The highest BCUT2D eigenvalue weighted by Gasteiger charge is 2.37. The molecule has 0 radical (unpaired) electrons. The van der Waals surface area contributed by atoms with Crippen LogP contribution < -0.4 is 4.74 Å². The van der Waals surface area contributed by atoms with Crippen molar-refractivity contribution in [1.29, 1.82) is 0 Å². The number of rotatable bonds is 3. The number of aliphatic hydroxyl groups excluding tert-OH is 1. The summed E-state index contributed by atoms with van der Waals surface area (Å²) in [5.74, 6) is -0.142. The molecule has 0 bridgehead atoms. The smallest absolute Gasteiger partial charge is 0.387 e. The number of ether oxygens (including phenoxy) is 1. The molecule has 1 aliphatic rings. The molecule has 0 saturated carbocycles. The lowest BCUT2D eigenvalue weighted by molar-refractivity contribution is -0.0505. The summed E-state index contributed by atoms with van der Waals surface area (Å²) in [4.78, 5) is 4.48. The van der Waals surface area contributed by atoms with Crippen molar-refractivity contribution in [2.24, 2.45) is 0 Å². The standard InChI is InChI=1S/C17H13BrF2N2O2/c18-9-5-6-14-21-15-12(23)7-11(16(15)22(14)8-9)10-3-1-2-4-13(10)24-17(19)20/h1-6,8,11-12,17,23H,7H2. The third-order valence-corrected chi connectivity index (χ3v) is 4.73. The zero-order valence-corrected chi connectivity index (χ0v) is 14.0. The first-order valence-corrected chi connectivity index (χ1v) is 8.23. The van der Waals surface area contributed by atoms with E-state index in [2.05, 4.69) is 25.7 Å². The fourth-order valence-corrected chi connectivity index (χ4v) is 3.68. The molecular weight excluding hydrogens is 382 g/mol. The normalized spacial score (nSPS) is 19.9. The maximum absolute atomic E-state index is 12.7. The topological polar surface area (TPSA) is 46.8 Å². The summed E-state index contributed by atoms with van der Waals surface area (Å²) in [6.07, 6.45) is 1.52. The van der Waals surface area contributed by atoms with Crippen molar-refractivity contribution in [3.63, 3.8) is 0 Å². The van der Waals surface area contributed by atoms with Crippen LogP contribution in [-0.4, -0.2) is 21.1 Å². The average molecular weight is 395 g/mol. The second-order valence-electron chi connectivity index (χ2n) is 5.68. The van der Waals surface area contributed by atoms with E-state index in [1.165, 1.54) is 6.07 Å². The van der Waals surface area contributed by atoms with Gasteiger partial charge in [0.2, 0.25) is 0 Å². The Kier molecular flexibility index (Phi) is 3.77. The van der Waals surface area contributed by atoms with Gasteiger partial charge in [-0.2, -0.15) is 8.78 Å². The summed E-state index contributed by atoms with van der Waals surface area (Å²) in [6.45, 7) is -2.90. The average Bonchev–Trinajstić information content (AvgIpc) is 3.05. The molecule has 0 amide bonds. The first kappa shape index (κ1) is 15.5. The van der Waals surface area contributed by atoms with Crippen molar-refractivity contribution in [3.8, 4) is 5.75 Å². The molecule has 0 fully saturated rings. The summed E-state index contributed by atoms with van der Waals surface area (Å²) in [6, 6.07) is 10.4. The van der Waals surface area contributed by atoms with Gasteiger partial charge in [-0.05, 0) is 40.5 Å². The number of para-hydroxylation sites is 1. The van der Waals surface area contributed by atoms with Gasteiger partial charge in [0.15, 0.2) is 0 Å². The highest BCUT2D eigenvalue weighted by atomic mass is 79.9. The fourth-order valence-electron chi connectivity index (χ4n) is 3.34. The van der Waals surface area contributed by atoms with Crippen LogP contribution in [0.2, 0.25) is 0 Å². The molecule has 24 heavy (non-hydrogen) atoms. The molecule has 4 rings (SSSR count). The number of pyridine rings is 1. The van der Waals surface area contributed by atoms with Crippen molar-refractivity contribution >= 4 is 21.6 Å². The predicted octanol–water partition coefficient (Wildman–Crippen LogP) is 4.27. The number of hydrogen-bond acceptors (Lipinski definition) is 3. The van der Waals surface area contributed by atoms with Gasteiger partial charge in [0.1, 0.15) is 11.4 Å². The molecule has 0 saturated heterocycles. The van der Waals surface area contributed by atoms with E-state index in [9.17, 15) is 13.9 Å². The number of halogens is 3. The van der Waals surface area contributed by atoms with Gasteiger partial charge >= 0.3 is 6.61 Å². The molecular formula is C17H13BrF2N2O2. The first-order chi connectivity index (χ1) is 11.5. The van der Waals surface area contributed by atoms with Gasteiger partial charge in [-0.25, -0.2) is 4.98 Å². The Bertz CT molecular complexity index is 913. The van der Waals surface area contributed by atoms with E-state index in [1.54, 1.807) is 18.2 Å². The molecule has 2 heterocycles. The summed E-state index contributed by atoms with van der Waals surface area (Å²) >= 11 is 3.43. The Balaban J connectivity index is 1.89. The van der Waals surface area contributed by atoms with Crippen molar-refractivity contribution in [3.05, 3.63) is 64.0 Å². The maximum Gasteiger partial charge on any atom is 0.387 e. The van der Waals surface area contributed by atoms with Gasteiger partial charge in [0.25, 0.3) is 0 Å². The van der Waals surface area contributed by atoms with Crippen molar-refractivity contribution in [1.82, 2.24) is 9.38 Å². The van der Waals surface area contributed by atoms with E-state index < -0.39 is 12.7 Å². The molecule has 2 aromatic heterocycles. The van der Waals surface area contributed by atoms with Gasteiger partial charge in [-0.3, -0.25) is 0 Å². The van der Waals surface area contributed by atoms with Crippen molar-refractivity contribution < 1.29 is 18.6 Å². The number of hydrogen-bond donors (Lipinski definition) is 1. The first-order valence-electron chi connectivity index (χ1n) is 7.44. The number of benzene rings is 1. The van der Waals surface area contributed by atoms with Crippen LogP contribution in [0.4, 0.5) is 8.78 Å². The predicted molar refractivity (Wildman–Crippen MR) is 87.4 cm³/mol. The SMILES string of the molecule is OC1CC(c2ccccc2OC(F)F)c2c1nc1ccc(Br)cn21. The zero-order valence-electron chi connectivity index (χ0n) is 12.4. The van der Waals surface area contributed by atoms with E-state index in [0.29, 0.717) is 23.3 Å². The molecule has 2 atom stereocenters. The van der Waals surface area contributed by atoms with Crippen molar-refractivity contribution in [2.75, 3.05) is 0 Å². The number of nitrogens with zero attached hydrogens (tertiary/aromatic N) is 2. The van der Waals surface area contributed by atoms with Gasteiger partial charge in [0, 0.05) is 22.2 Å². The lowest BCUT2D eigenvalue weighted by atomic mass is 9.95. The van der Waals surface area contributed by atoms with Crippen LogP contribution >= 0.6 is 15.9 Å². The quantitative estimate of drug-likeness (QED) is 0.721. The van der Waals surface area contributed by atoms with Crippen LogP contribution in [0, 0.1) is 0 Å².